The molecule has 12 rings (SSSR count). The standard InChI is InChI=1S/C41H39F3N14O2S/c1-21-48-31-12-23(43)10-28-35(31)55(21)20-27(60-3)19-53(2)39(59)33-13-24(49-34-6-7-45-36(28)50-34)16-56(33)37-29-15-47-58(32-5-4-22(42)11-30(32)44)38(29)52-40(51-37)57-25-14-26(57)18-54(17-25)41-46-8-9-61-41/h4-12,15,24-27,33H,13-14,16-20H2,1-3H3,(H,45,49,50)/t24?,25?,26?,27-,33-/m0/s1. The summed E-state index contributed by atoms with van der Waals surface area (Å²) in [5.41, 5.74) is 1.96. The molecule has 312 valence electrons. The number of aryl methyl sites for hydroxylation is 1. The van der Waals surface area contributed by atoms with E-state index < -0.39 is 29.6 Å². The van der Waals surface area contributed by atoms with Gasteiger partial charge in [-0.3, -0.25) is 4.79 Å². The Morgan fingerprint density at radius 3 is 2.54 bits per heavy atom. The summed E-state index contributed by atoms with van der Waals surface area (Å²) >= 11 is 1.60. The first-order valence-corrected chi connectivity index (χ1v) is 20.9. The van der Waals surface area contributed by atoms with Crippen molar-refractivity contribution in [1.82, 2.24) is 49.2 Å². The van der Waals surface area contributed by atoms with Gasteiger partial charge in [-0.2, -0.15) is 15.1 Å². The van der Waals surface area contributed by atoms with E-state index in [1.165, 1.54) is 28.9 Å². The maximum Gasteiger partial charge on any atom is 0.245 e. The number of piperidine rings is 1. The van der Waals surface area contributed by atoms with Crippen LogP contribution in [0.2, 0.25) is 0 Å². The van der Waals surface area contributed by atoms with Crippen LogP contribution in [0.1, 0.15) is 18.7 Å². The summed E-state index contributed by atoms with van der Waals surface area (Å²) in [6.45, 7) is 4.16. The minimum atomic E-state index is -0.797. The lowest BCUT2D eigenvalue weighted by molar-refractivity contribution is -0.132. The van der Waals surface area contributed by atoms with Gasteiger partial charge in [0, 0.05) is 81.8 Å². The molecule has 4 fully saturated rings. The molecule has 0 radical (unpaired) electrons. The molecular formula is C41H39F3N14O2S. The summed E-state index contributed by atoms with van der Waals surface area (Å²) in [5.74, 6) is 0.206. The Kier molecular flexibility index (Phi) is 8.85. The second kappa shape index (κ2) is 14.4. The highest BCUT2D eigenvalue weighted by Gasteiger charge is 2.48. The van der Waals surface area contributed by atoms with E-state index in [-0.39, 0.29) is 36.3 Å². The molecule has 1 amide bonds. The molecule has 16 nitrogen and oxygen atoms in total. The van der Waals surface area contributed by atoms with Crippen LogP contribution in [0.3, 0.4) is 0 Å². The van der Waals surface area contributed by atoms with Crippen molar-refractivity contribution in [1.29, 1.82) is 0 Å². The first-order valence-electron chi connectivity index (χ1n) is 20.0. The smallest absolute Gasteiger partial charge is 0.245 e. The predicted octanol–water partition coefficient (Wildman–Crippen LogP) is 4.82. The van der Waals surface area contributed by atoms with Gasteiger partial charge in [0.15, 0.2) is 22.4 Å². The number of nitrogens with one attached hydrogen (secondary N) is 1. The number of piperazine rings is 1. The van der Waals surface area contributed by atoms with E-state index in [9.17, 15) is 9.18 Å². The monoisotopic (exact) mass is 848 g/mol. The molecule has 20 heteroatoms. The predicted molar refractivity (Wildman–Crippen MR) is 223 cm³/mol. The fraction of sp³-hybridized carbons (Fsp3) is 0.366. The second-order valence-corrected chi connectivity index (χ2v) is 17.0. The number of thiazole rings is 1. The van der Waals surface area contributed by atoms with E-state index >= 15 is 8.78 Å². The van der Waals surface area contributed by atoms with Gasteiger partial charge in [-0.1, -0.05) is 0 Å². The summed E-state index contributed by atoms with van der Waals surface area (Å²) in [7, 11) is 3.36. The topological polar surface area (TPSA) is 151 Å². The number of hydrogen-bond acceptors (Lipinski definition) is 14. The van der Waals surface area contributed by atoms with Gasteiger partial charge in [-0.25, -0.2) is 37.8 Å². The van der Waals surface area contributed by atoms with Gasteiger partial charge in [0.2, 0.25) is 11.9 Å². The van der Waals surface area contributed by atoms with Crippen LogP contribution >= 0.6 is 11.3 Å². The van der Waals surface area contributed by atoms with Gasteiger partial charge >= 0.3 is 0 Å². The number of halogens is 3. The van der Waals surface area contributed by atoms with Crippen molar-refractivity contribution in [2.24, 2.45) is 0 Å². The zero-order valence-corrected chi connectivity index (χ0v) is 34.1. The van der Waals surface area contributed by atoms with Crippen LogP contribution in [0.4, 0.5) is 35.9 Å². The average Bonchev–Trinajstić information content (AvgIpc) is 4.07. The summed E-state index contributed by atoms with van der Waals surface area (Å²) in [6, 6.07) is 7.02. The van der Waals surface area contributed by atoms with Crippen LogP contribution in [-0.2, 0) is 16.1 Å². The lowest BCUT2D eigenvalue weighted by atomic mass is 9.88. The zero-order chi connectivity index (χ0) is 41.7. The fourth-order valence-electron chi connectivity index (χ4n) is 9.50. The Morgan fingerprint density at radius 1 is 0.902 bits per heavy atom. The minimum Gasteiger partial charge on any atom is -0.378 e. The van der Waals surface area contributed by atoms with E-state index in [0.717, 1.165) is 30.7 Å². The van der Waals surface area contributed by atoms with Crippen LogP contribution in [0, 0.1) is 24.4 Å². The van der Waals surface area contributed by atoms with Crippen molar-refractivity contribution in [3.05, 3.63) is 83.6 Å². The third kappa shape index (κ3) is 6.29. The molecule has 5 aliphatic rings. The number of carbonyl (C=O) groups is 1. The molecule has 2 aromatic carbocycles. The molecule has 0 aliphatic carbocycles. The Labute approximate surface area is 350 Å². The van der Waals surface area contributed by atoms with Crippen molar-refractivity contribution in [3.63, 3.8) is 0 Å². The van der Waals surface area contributed by atoms with Crippen LogP contribution in [-0.4, -0.2) is 126 Å². The number of likely N-dealkylation sites (N-methyl/N-ethyl adjacent to an activating group) is 1. The molecule has 5 aromatic heterocycles. The summed E-state index contributed by atoms with van der Waals surface area (Å²) in [5, 5.41) is 11.5. The number of hydrogen-bond donors (Lipinski definition) is 1. The van der Waals surface area contributed by atoms with Crippen LogP contribution in [0.15, 0.2) is 60.4 Å². The number of nitrogens with zero attached hydrogens (tertiary/aromatic N) is 13. The van der Waals surface area contributed by atoms with E-state index in [2.05, 4.69) is 35.2 Å². The van der Waals surface area contributed by atoms with Crippen LogP contribution in [0.25, 0.3) is 39.1 Å². The molecule has 6 bridgehead atoms. The molecule has 5 aliphatic heterocycles. The zero-order valence-electron chi connectivity index (χ0n) is 33.3. The highest BCUT2D eigenvalue weighted by Crippen LogP contribution is 2.41. The Bertz CT molecular complexity index is 2840. The minimum absolute atomic E-state index is 0.0255. The SMILES string of the molecule is CO[C@H]1CN(C)C(=O)[C@@H]2CC(CN2c2nc(N3C4CC3CN(c3nccs3)C4)nc3c2cnn3-c2ccc(F)cc2F)Nc2ccnc(n2)-c2cc(F)cc3nc(C)n(c23)C1. The van der Waals surface area contributed by atoms with Crippen molar-refractivity contribution < 1.29 is 22.7 Å². The lowest BCUT2D eigenvalue weighted by Gasteiger charge is -2.56. The lowest BCUT2D eigenvalue weighted by Crippen LogP contribution is -2.69. The highest BCUT2D eigenvalue weighted by atomic mass is 32.1. The number of methoxy groups -OCH3 is 1. The molecule has 61 heavy (non-hydrogen) atoms. The summed E-state index contributed by atoms with van der Waals surface area (Å²) in [6.07, 6.45) is 5.83. The summed E-state index contributed by atoms with van der Waals surface area (Å²) < 4.78 is 54.1. The first kappa shape index (κ1) is 37.6. The first-order chi connectivity index (χ1) is 29.6. The van der Waals surface area contributed by atoms with Crippen molar-refractivity contribution in [3.8, 4) is 17.1 Å². The number of anilines is 4. The highest BCUT2D eigenvalue weighted by molar-refractivity contribution is 7.13. The molecular weight excluding hydrogens is 810 g/mol. The molecule has 0 saturated carbocycles. The normalized spacial score (nSPS) is 22.7. The van der Waals surface area contributed by atoms with Gasteiger partial charge in [0.1, 0.15) is 40.8 Å². The quantitative estimate of drug-likeness (QED) is 0.253. The average molecular weight is 849 g/mol. The molecule has 4 saturated heterocycles. The maximum atomic E-state index is 15.5. The number of imidazole rings is 1. The number of amides is 1. The number of benzene rings is 2. The summed E-state index contributed by atoms with van der Waals surface area (Å²) in [4.78, 5) is 51.9. The maximum absolute atomic E-state index is 15.5. The second-order valence-electron chi connectivity index (χ2n) is 16.1. The molecule has 1 N–H and O–H groups in total. The molecule has 7 aromatic rings. The van der Waals surface area contributed by atoms with E-state index in [1.54, 1.807) is 55.1 Å². The van der Waals surface area contributed by atoms with Gasteiger partial charge in [0.05, 0.1) is 47.3 Å². The number of carbonyl (C=O) groups excluding carboxylic acids is 1. The molecule has 10 heterocycles. The van der Waals surface area contributed by atoms with Crippen molar-refractivity contribution in [2.45, 2.75) is 56.6 Å². The number of rotatable bonds is 5. The molecule has 5 atom stereocenters. The van der Waals surface area contributed by atoms with Gasteiger partial charge in [0.25, 0.3) is 0 Å². The van der Waals surface area contributed by atoms with E-state index in [4.69, 9.17) is 19.7 Å². The van der Waals surface area contributed by atoms with Gasteiger partial charge < -0.3 is 34.2 Å². The third-order valence-corrected chi connectivity index (χ3v) is 13.2. The van der Waals surface area contributed by atoms with Crippen molar-refractivity contribution >= 4 is 62.0 Å². The van der Waals surface area contributed by atoms with Crippen LogP contribution < -0.4 is 20.0 Å². The number of fused-ring (bicyclic) bond motifs is 8. The Balaban J connectivity index is 1.02. The Hall–Kier alpha value is -6.41. The fourth-order valence-corrected chi connectivity index (χ4v) is 10.2. The number of ether oxygens (including phenoxy) is 1. The van der Waals surface area contributed by atoms with Crippen molar-refractivity contribution in [2.75, 3.05) is 60.4 Å². The molecule has 0 spiro atoms. The number of aromatic nitrogens is 9. The van der Waals surface area contributed by atoms with E-state index in [0.29, 0.717) is 76.4 Å². The van der Waals surface area contributed by atoms with Gasteiger partial charge in [-0.15, -0.1) is 11.3 Å². The van der Waals surface area contributed by atoms with Gasteiger partial charge in [-0.05, 0) is 44.0 Å². The third-order valence-electron chi connectivity index (χ3n) is 12.3. The Morgan fingerprint density at radius 2 is 1.75 bits per heavy atom. The molecule has 3 unspecified atom stereocenters. The van der Waals surface area contributed by atoms with Crippen LogP contribution in [0.5, 0.6) is 0 Å². The van der Waals surface area contributed by atoms with E-state index in [1.807, 2.05) is 21.8 Å². The largest absolute Gasteiger partial charge is 0.378 e.